The van der Waals surface area contributed by atoms with Crippen LogP contribution in [0.5, 0.6) is 0 Å². The van der Waals surface area contributed by atoms with Crippen molar-refractivity contribution in [2.45, 2.75) is 113 Å². The van der Waals surface area contributed by atoms with E-state index in [1.165, 1.54) is 17.0 Å². The summed E-state index contributed by atoms with van der Waals surface area (Å²) in [6.07, 6.45) is 7.79. The van der Waals surface area contributed by atoms with Gasteiger partial charge in [-0.25, -0.2) is 28.2 Å². The maximum absolute atomic E-state index is 14.3. The number of aliphatic imine (C=N–C) groups is 1. The fourth-order valence-corrected chi connectivity index (χ4v) is 9.68. The molecule has 19 nitrogen and oxygen atoms in total. The fourth-order valence-electron chi connectivity index (χ4n) is 8.63. The molecular formula is C47H63N9O10S. The third-order valence-corrected chi connectivity index (χ3v) is 13.6. The van der Waals surface area contributed by atoms with Gasteiger partial charge in [-0.3, -0.25) is 28.9 Å². The van der Waals surface area contributed by atoms with Crippen molar-refractivity contribution in [2.24, 2.45) is 22.6 Å². The van der Waals surface area contributed by atoms with Crippen molar-refractivity contribution in [3.63, 3.8) is 0 Å². The predicted molar refractivity (Wildman–Crippen MR) is 250 cm³/mol. The van der Waals surface area contributed by atoms with Gasteiger partial charge < -0.3 is 26.8 Å². The van der Waals surface area contributed by atoms with E-state index in [1.54, 1.807) is 78.2 Å². The Morgan fingerprint density at radius 3 is 2.01 bits per heavy atom. The molecule has 362 valence electrons. The van der Waals surface area contributed by atoms with E-state index in [1.807, 2.05) is 0 Å². The van der Waals surface area contributed by atoms with Gasteiger partial charge in [0.1, 0.15) is 6.04 Å². The smallest absolute Gasteiger partial charge is 0.261 e. The number of nitrogens with one attached hydrogen (secondary N) is 5. The van der Waals surface area contributed by atoms with E-state index in [2.05, 4.69) is 25.7 Å². The zero-order valence-electron chi connectivity index (χ0n) is 37.6. The predicted octanol–water partition coefficient (Wildman–Crippen LogP) is 3.36. The Morgan fingerprint density at radius 1 is 0.776 bits per heavy atom. The molecule has 1 aliphatic heterocycles. The number of aliphatic hydroxyl groups is 1. The number of carbonyl (C=O) groups is 5. The highest BCUT2D eigenvalue weighted by Crippen LogP contribution is 2.35. The Labute approximate surface area is 391 Å². The van der Waals surface area contributed by atoms with Crippen LogP contribution in [-0.4, -0.2) is 103 Å². The molecule has 1 heterocycles. The molecule has 0 radical (unpaired) electrons. The number of rotatable bonds is 28. The Bertz CT molecular complexity index is 2240. The first-order valence-electron chi connectivity index (χ1n) is 23.1. The van der Waals surface area contributed by atoms with Gasteiger partial charge in [0.15, 0.2) is 11.1 Å². The number of imide groups is 1. The SMILES string of the molecule is NC(=NCCCC(NC(=O)C(CCCCCCCCN1C(=O)c2ccccc2C1=O)C1CCCC1)C(=O)NC(Cc1ccccc1)C(O)C(=O)NCCNS(=O)(=O)c1ccccc1)N[N+](=O)[O-]. The number of fused-ring (bicyclic) bond motifs is 1. The normalized spacial score (nSPS) is 15.9. The van der Waals surface area contributed by atoms with Gasteiger partial charge in [0.2, 0.25) is 21.8 Å². The van der Waals surface area contributed by atoms with E-state index in [4.69, 9.17) is 5.73 Å². The molecule has 5 rings (SSSR count). The number of sulfonamides is 1. The summed E-state index contributed by atoms with van der Waals surface area (Å²) in [6, 6.07) is 21.1. The highest BCUT2D eigenvalue weighted by molar-refractivity contribution is 7.89. The van der Waals surface area contributed by atoms with Gasteiger partial charge in [0, 0.05) is 32.1 Å². The second kappa shape index (κ2) is 26.2. The lowest BCUT2D eigenvalue weighted by atomic mass is 9.85. The Balaban J connectivity index is 1.19. The number of nitro groups is 1. The molecule has 4 unspecified atom stereocenters. The van der Waals surface area contributed by atoms with Gasteiger partial charge in [0.05, 0.1) is 22.1 Å². The summed E-state index contributed by atoms with van der Waals surface area (Å²) < 4.78 is 27.7. The summed E-state index contributed by atoms with van der Waals surface area (Å²) in [7, 11) is -3.85. The average molecular weight is 946 g/mol. The molecule has 1 aliphatic carbocycles. The standard InChI is InChI=1S/C47H63N9O10S/c48-47(54-56(63)64)50-28-17-27-39(43(59)53-40(32-33-18-7-5-8-19-33)41(57)44(60)49-29-30-51-67(65,66)35-22-9-6-10-23-35)52-42(58)36(34-20-12-13-21-34)24-11-3-1-2-4-16-31-55-45(61)37-25-14-15-26-38(37)46(55)62/h5-10,14-15,18-19,22-23,25-26,34,36,39-41,51,57H,1-4,11-13,16-17,20-21,24,27-32H2,(H,49,60)(H,52,58)(H,53,59)(H3,48,50,54). The summed E-state index contributed by atoms with van der Waals surface area (Å²) >= 11 is 0. The number of hydrazine groups is 1. The Morgan fingerprint density at radius 2 is 1.37 bits per heavy atom. The van der Waals surface area contributed by atoms with E-state index < -0.39 is 51.0 Å². The number of unbranched alkanes of at least 4 members (excludes halogenated alkanes) is 5. The Hall–Kier alpha value is -6.25. The zero-order valence-corrected chi connectivity index (χ0v) is 38.5. The molecular weight excluding hydrogens is 883 g/mol. The monoisotopic (exact) mass is 945 g/mol. The molecule has 0 saturated heterocycles. The molecule has 67 heavy (non-hydrogen) atoms. The second-order valence-corrected chi connectivity index (χ2v) is 18.7. The van der Waals surface area contributed by atoms with Gasteiger partial charge in [-0.2, -0.15) is 0 Å². The third kappa shape index (κ3) is 16.0. The molecule has 3 aromatic carbocycles. The number of amides is 5. The number of nitrogens with zero attached hydrogens (tertiary/aromatic N) is 3. The first kappa shape index (κ1) is 51.7. The average Bonchev–Trinajstić information content (AvgIpc) is 3.94. The lowest BCUT2D eigenvalue weighted by Crippen LogP contribution is -2.57. The fraction of sp³-hybridized carbons (Fsp3) is 0.489. The van der Waals surface area contributed by atoms with Crippen LogP contribution in [0, 0.1) is 22.0 Å². The van der Waals surface area contributed by atoms with Crippen LogP contribution in [0.15, 0.2) is 94.8 Å². The highest BCUT2D eigenvalue weighted by Gasteiger charge is 2.36. The lowest BCUT2D eigenvalue weighted by molar-refractivity contribution is -0.525. The topological polar surface area (TPSA) is 285 Å². The number of hydrogen-bond donors (Lipinski definition) is 7. The number of nitrogens with two attached hydrogens (primary N) is 1. The molecule has 8 N–H and O–H groups in total. The summed E-state index contributed by atoms with van der Waals surface area (Å²) in [4.78, 5) is 83.4. The van der Waals surface area contributed by atoms with Crippen LogP contribution in [0.25, 0.3) is 0 Å². The van der Waals surface area contributed by atoms with E-state index in [9.17, 15) is 47.6 Å². The second-order valence-electron chi connectivity index (χ2n) is 17.0. The van der Waals surface area contributed by atoms with Crippen molar-refractivity contribution in [2.75, 3.05) is 26.2 Å². The first-order chi connectivity index (χ1) is 32.2. The summed E-state index contributed by atoms with van der Waals surface area (Å²) in [5.74, 6) is -3.00. The third-order valence-electron chi connectivity index (χ3n) is 12.1. The van der Waals surface area contributed by atoms with Crippen LogP contribution in [0.4, 0.5) is 0 Å². The molecule has 4 atom stereocenters. The zero-order chi connectivity index (χ0) is 48.2. The van der Waals surface area contributed by atoms with Crippen LogP contribution >= 0.6 is 0 Å². The minimum Gasteiger partial charge on any atom is -0.381 e. The highest BCUT2D eigenvalue weighted by atomic mass is 32.2. The number of aliphatic hydroxyl groups excluding tert-OH is 1. The van der Waals surface area contributed by atoms with Crippen LogP contribution in [0.3, 0.4) is 0 Å². The van der Waals surface area contributed by atoms with Gasteiger partial charge >= 0.3 is 0 Å². The van der Waals surface area contributed by atoms with Crippen molar-refractivity contribution in [3.05, 3.63) is 112 Å². The van der Waals surface area contributed by atoms with E-state index >= 15 is 0 Å². The summed E-state index contributed by atoms with van der Waals surface area (Å²) in [6.45, 7) is 0.0142. The minimum atomic E-state index is -3.85. The van der Waals surface area contributed by atoms with Gasteiger partial charge in [-0.1, -0.05) is 111 Å². The van der Waals surface area contributed by atoms with Crippen molar-refractivity contribution >= 4 is 45.5 Å². The molecule has 5 amide bonds. The molecule has 2 aliphatic rings. The molecule has 0 bridgehead atoms. The molecule has 0 aromatic heterocycles. The Kier molecular flexibility index (Phi) is 20.2. The van der Waals surface area contributed by atoms with Crippen LogP contribution in [0.1, 0.15) is 110 Å². The van der Waals surface area contributed by atoms with Crippen molar-refractivity contribution in [3.8, 4) is 0 Å². The maximum atomic E-state index is 14.3. The largest absolute Gasteiger partial charge is 0.381 e. The molecule has 1 saturated carbocycles. The number of benzene rings is 3. The van der Waals surface area contributed by atoms with Gasteiger partial charge in [-0.15, -0.1) is 0 Å². The number of carbonyl (C=O) groups excluding carboxylic acids is 5. The number of guanidine groups is 1. The van der Waals surface area contributed by atoms with Crippen LogP contribution in [-0.2, 0) is 30.8 Å². The van der Waals surface area contributed by atoms with E-state index in [0.717, 1.165) is 57.8 Å². The molecule has 0 spiro atoms. The van der Waals surface area contributed by atoms with E-state index in [-0.39, 0.29) is 73.3 Å². The van der Waals surface area contributed by atoms with E-state index in [0.29, 0.717) is 36.1 Å². The summed E-state index contributed by atoms with van der Waals surface area (Å²) in [5.41, 5.74) is 8.95. The van der Waals surface area contributed by atoms with Crippen LogP contribution in [0.2, 0.25) is 0 Å². The van der Waals surface area contributed by atoms with Crippen molar-refractivity contribution < 1.29 is 42.5 Å². The first-order valence-corrected chi connectivity index (χ1v) is 24.5. The lowest BCUT2D eigenvalue weighted by Gasteiger charge is -2.29. The summed E-state index contributed by atoms with van der Waals surface area (Å²) in [5, 5.41) is 29.7. The quantitative estimate of drug-likeness (QED) is 0.0138. The molecule has 20 heteroatoms. The maximum Gasteiger partial charge on any atom is 0.261 e. The minimum absolute atomic E-state index is 0.0107. The number of hydrogen-bond acceptors (Lipinski definition) is 11. The van der Waals surface area contributed by atoms with Crippen LogP contribution < -0.4 is 31.8 Å². The van der Waals surface area contributed by atoms with Crippen molar-refractivity contribution in [1.82, 2.24) is 31.0 Å². The van der Waals surface area contributed by atoms with Gasteiger partial charge in [-0.05, 0) is 80.7 Å². The van der Waals surface area contributed by atoms with Crippen molar-refractivity contribution in [1.29, 1.82) is 0 Å². The van der Waals surface area contributed by atoms with Gasteiger partial charge in [0.25, 0.3) is 23.7 Å². The molecule has 3 aromatic rings. The molecule has 1 fully saturated rings.